The second kappa shape index (κ2) is 14.0. The fourth-order valence-corrected chi connectivity index (χ4v) is 5.69. The number of likely N-dealkylation sites (N-methyl/N-ethyl adjacent to an activating group) is 1. The number of carbonyl (C=O) groups excluding carboxylic acids is 3. The van der Waals surface area contributed by atoms with E-state index in [4.69, 9.17) is 32.7 Å². The van der Waals surface area contributed by atoms with Gasteiger partial charge in [-0.3, -0.25) is 14.5 Å². The number of quaternary nitrogens is 1. The Labute approximate surface area is 270 Å². The van der Waals surface area contributed by atoms with Crippen molar-refractivity contribution < 1.29 is 34.5 Å². The normalized spacial score (nSPS) is 15.3. The highest BCUT2D eigenvalue weighted by Gasteiger charge is 2.29. The number of para-hydroxylation sites is 1. The van der Waals surface area contributed by atoms with Gasteiger partial charge in [0.15, 0.2) is 5.69 Å². The molecular formula is C31H36ClN8O6+. The van der Waals surface area contributed by atoms with Crippen molar-refractivity contribution in [3.63, 3.8) is 0 Å². The molecule has 2 heterocycles. The first-order valence-corrected chi connectivity index (χ1v) is 14.8. The number of piperazine rings is 1. The number of ether oxygens (including phenoxy) is 2. The van der Waals surface area contributed by atoms with E-state index in [1.807, 2.05) is 11.0 Å². The van der Waals surface area contributed by atoms with Crippen LogP contribution in [0.1, 0.15) is 15.9 Å². The van der Waals surface area contributed by atoms with Crippen molar-refractivity contribution in [1.29, 1.82) is 0 Å². The van der Waals surface area contributed by atoms with Gasteiger partial charge in [0, 0.05) is 56.1 Å². The van der Waals surface area contributed by atoms with Crippen LogP contribution in [0.15, 0.2) is 66.4 Å². The molecular weight excluding hydrogens is 616 g/mol. The van der Waals surface area contributed by atoms with Crippen LogP contribution in [0.2, 0.25) is 5.02 Å². The Balaban J connectivity index is 1.30. The zero-order valence-electron chi connectivity index (χ0n) is 25.4. The lowest BCUT2D eigenvalue weighted by atomic mass is 10.1. The molecule has 46 heavy (non-hydrogen) atoms. The number of hydrazine groups is 1. The number of cyclic esters (lactones) is 1. The average molecular weight is 652 g/mol. The zero-order chi connectivity index (χ0) is 33.0. The van der Waals surface area contributed by atoms with Gasteiger partial charge >= 0.3 is 6.09 Å². The summed E-state index contributed by atoms with van der Waals surface area (Å²) in [6.45, 7) is 2.30. The monoisotopic (exact) mass is 651 g/mol. The van der Waals surface area contributed by atoms with E-state index in [9.17, 15) is 19.6 Å². The van der Waals surface area contributed by atoms with Crippen molar-refractivity contribution in [3.8, 4) is 5.75 Å². The highest BCUT2D eigenvalue weighted by Crippen LogP contribution is 2.35. The molecule has 0 aliphatic carbocycles. The molecule has 0 aromatic heterocycles. The van der Waals surface area contributed by atoms with Gasteiger partial charge in [0.2, 0.25) is 0 Å². The fourth-order valence-electron chi connectivity index (χ4n) is 5.40. The molecule has 0 atom stereocenters. The number of carbonyl (C=O) groups is 3. The van der Waals surface area contributed by atoms with Gasteiger partial charge < -0.3 is 35.3 Å². The molecule has 14 nitrogen and oxygen atoms in total. The minimum atomic E-state index is -0.431. The molecule has 0 unspecified atom stereocenters. The van der Waals surface area contributed by atoms with Crippen LogP contribution < -0.4 is 36.9 Å². The van der Waals surface area contributed by atoms with Crippen LogP contribution in [0.5, 0.6) is 5.75 Å². The standard InChI is InChI=1S/C31H35ClN8O6/c1-37(34)28(27(33)21-5-3-4-6-26(21)45-2)30(42)39-13-11-38(12-14-39)25-18-23(24(36-44)17-22(25)32)35-29(41)19-7-9-20(10-8-19)40-15-16-46-31(40)43/h3-10,17-18,36,44H,11-16,33-34H2,1-2H3,(H,35,41)/p+1/b28-27-. The highest BCUT2D eigenvalue weighted by molar-refractivity contribution is 6.33. The average Bonchev–Trinajstić information content (AvgIpc) is 3.50. The number of anilines is 3. The number of benzene rings is 3. The lowest BCUT2D eigenvalue weighted by molar-refractivity contribution is -0.825. The number of nitrogens with two attached hydrogens (primary N) is 3. The third-order valence-corrected chi connectivity index (χ3v) is 8.13. The summed E-state index contributed by atoms with van der Waals surface area (Å²) in [6.07, 6.45) is -0.431. The lowest BCUT2D eigenvalue weighted by Gasteiger charge is -2.37. The Morgan fingerprint density at radius 3 is 2.37 bits per heavy atom. The number of hydrogen-bond acceptors (Lipinski definition) is 10. The second-order valence-electron chi connectivity index (χ2n) is 10.6. The van der Waals surface area contributed by atoms with Crippen molar-refractivity contribution in [2.24, 2.45) is 11.6 Å². The maximum absolute atomic E-state index is 13.6. The van der Waals surface area contributed by atoms with Crippen LogP contribution in [-0.2, 0) is 9.53 Å². The Hall–Kier alpha value is -5.02. The Bertz CT molecular complexity index is 1660. The van der Waals surface area contributed by atoms with Crippen LogP contribution in [0.4, 0.5) is 27.5 Å². The first-order chi connectivity index (χ1) is 22.1. The third-order valence-electron chi connectivity index (χ3n) is 7.82. The number of nitrogens with zero attached hydrogens (tertiary/aromatic N) is 4. The van der Waals surface area contributed by atoms with E-state index in [1.54, 1.807) is 66.5 Å². The van der Waals surface area contributed by atoms with Crippen LogP contribution in [0.3, 0.4) is 0 Å². The summed E-state index contributed by atoms with van der Waals surface area (Å²) in [7, 11) is 3.08. The summed E-state index contributed by atoms with van der Waals surface area (Å²) >= 11 is 6.62. The van der Waals surface area contributed by atoms with Crippen molar-refractivity contribution in [1.82, 2.24) is 9.91 Å². The molecule has 3 aromatic carbocycles. The van der Waals surface area contributed by atoms with E-state index < -0.39 is 12.0 Å². The Kier molecular flexibility index (Phi) is 9.82. The van der Waals surface area contributed by atoms with Gasteiger partial charge in [-0.1, -0.05) is 23.7 Å². The maximum Gasteiger partial charge on any atom is 0.414 e. The lowest BCUT2D eigenvalue weighted by Crippen LogP contribution is -2.74. The summed E-state index contributed by atoms with van der Waals surface area (Å²) < 4.78 is 10.4. The molecule has 2 aliphatic heterocycles. The number of hydrogen-bond donors (Lipinski definition) is 5. The SMILES string of the molecule is COc1ccccc1/C(N)=C(\C(=O)N1CCN(c2cc(NC(=O)c3ccc(N4CCOC4=O)cc3)c([NH2+]O)cc2Cl)CC1)N(C)N. The van der Waals surface area contributed by atoms with E-state index in [-0.39, 0.29) is 17.3 Å². The molecule has 2 saturated heterocycles. The molecule has 5 rings (SSSR count). The summed E-state index contributed by atoms with van der Waals surface area (Å²) in [5.41, 5.74) is 10.5. The summed E-state index contributed by atoms with van der Waals surface area (Å²) in [4.78, 5) is 43.8. The Morgan fingerprint density at radius 2 is 1.76 bits per heavy atom. The summed E-state index contributed by atoms with van der Waals surface area (Å²) in [5.74, 6) is 5.85. The van der Waals surface area contributed by atoms with Gasteiger partial charge in [-0.25, -0.2) is 15.8 Å². The topological polar surface area (TPSA) is 184 Å². The van der Waals surface area contributed by atoms with Gasteiger partial charge in [0.1, 0.15) is 23.7 Å². The number of halogens is 1. The molecule has 242 valence electrons. The summed E-state index contributed by atoms with van der Waals surface area (Å²) in [5, 5.41) is 14.3. The summed E-state index contributed by atoms with van der Waals surface area (Å²) in [6, 6.07) is 16.9. The highest BCUT2D eigenvalue weighted by atomic mass is 35.5. The minimum absolute atomic E-state index is 0.136. The molecule has 3 amide bonds. The number of amides is 3. The molecule has 2 aliphatic rings. The first-order valence-electron chi connectivity index (χ1n) is 14.5. The number of nitrogens with one attached hydrogen (secondary N) is 1. The van der Waals surface area contributed by atoms with Crippen molar-refractivity contribution >= 4 is 58.0 Å². The smallest absolute Gasteiger partial charge is 0.414 e. The maximum atomic E-state index is 13.6. The van der Waals surface area contributed by atoms with E-state index in [0.29, 0.717) is 84.0 Å². The molecule has 8 N–H and O–H groups in total. The quantitative estimate of drug-likeness (QED) is 0.0992. The second-order valence-corrected chi connectivity index (χ2v) is 11.0. The van der Waals surface area contributed by atoms with Gasteiger partial charge in [0.05, 0.1) is 30.1 Å². The molecule has 0 spiro atoms. The predicted octanol–water partition coefficient (Wildman–Crippen LogP) is 1.92. The first kappa shape index (κ1) is 32.4. The van der Waals surface area contributed by atoms with Gasteiger partial charge in [-0.15, -0.1) is 0 Å². The third kappa shape index (κ3) is 6.65. The zero-order valence-corrected chi connectivity index (χ0v) is 26.2. The van der Waals surface area contributed by atoms with E-state index in [0.717, 1.165) is 5.48 Å². The molecule has 0 bridgehead atoms. The van der Waals surface area contributed by atoms with Gasteiger partial charge in [0.25, 0.3) is 11.8 Å². The van der Waals surface area contributed by atoms with E-state index in [2.05, 4.69) is 5.32 Å². The van der Waals surface area contributed by atoms with Crippen LogP contribution in [-0.4, -0.2) is 86.5 Å². The molecule has 3 aromatic rings. The van der Waals surface area contributed by atoms with Crippen LogP contribution in [0, 0.1) is 0 Å². The van der Waals surface area contributed by atoms with Gasteiger partial charge in [-0.2, -0.15) is 5.48 Å². The van der Waals surface area contributed by atoms with E-state index >= 15 is 0 Å². The largest absolute Gasteiger partial charge is 0.496 e. The molecule has 0 saturated carbocycles. The fraction of sp³-hybridized carbons (Fsp3) is 0.258. The van der Waals surface area contributed by atoms with Crippen molar-refractivity contribution in [2.45, 2.75) is 0 Å². The Morgan fingerprint density at radius 1 is 1.07 bits per heavy atom. The van der Waals surface area contributed by atoms with Crippen LogP contribution in [0.25, 0.3) is 5.70 Å². The minimum Gasteiger partial charge on any atom is -0.496 e. The number of rotatable bonds is 9. The molecule has 2 fully saturated rings. The van der Waals surface area contributed by atoms with Crippen molar-refractivity contribution in [2.75, 3.05) is 68.6 Å². The van der Waals surface area contributed by atoms with E-state index in [1.165, 1.54) is 17.0 Å². The molecule has 0 radical (unpaired) electrons. The molecule has 15 heteroatoms. The predicted molar refractivity (Wildman–Crippen MR) is 173 cm³/mol. The van der Waals surface area contributed by atoms with Gasteiger partial charge in [-0.05, 0) is 42.5 Å². The van der Waals surface area contributed by atoms with Crippen molar-refractivity contribution in [3.05, 3.63) is 82.5 Å². The number of methoxy groups -OCH3 is 1. The van der Waals surface area contributed by atoms with Crippen LogP contribution >= 0.6 is 11.6 Å².